The summed E-state index contributed by atoms with van der Waals surface area (Å²) in [5.74, 6) is 1.38. The number of carbonyl (C=O) groups excluding carboxylic acids is 1. The molecule has 0 aliphatic carbocycles. The molecule has 6 nitrogen and oxygen atoms in total. The smallest absolute Gasteiger partial charge is 0.238 e. The van der Waals surface area contributed by atoms with E-state index in [-0.39, 0.29) is 5.91 Å². The number of hydrogen-bond acceptors (Lipinski definition) is 5. The molecule has 1 heterocycles. The summed E-state index contributed by atoms with van der Waals surface area (Å²) < 4.78 is 10.7. The average Bonchev–Trinajstić information content (AvgIpc) is 3.24. The zero-order valence-electron chi connectivity index (χ0n) is 17.8. The fourth-order valence-corrected chi connectivity index (χ4v) is 3.72. The van der Waals surface area contributed by atoms with Gasteiger partial charge in [0.1, 0.15) is 0 Å². The van der Waals surface area contributed by atoms with Crippen molar-refractivity contribution in [3.8, 4) is 11.5 Å². The molecule has 0 radical (unpaired) electrons. The van der Waals surface area contributed by atoms with Gasteiger partial charge in [0, 0.05) is 31.0 Å². The molecule has 2 aromatic carbocycles. The van der Waals surface area contributed by atoms with Crippen molar-refractivity contribution in [2.75, 3.05) is 51.1 Å². The standard InChI is InChI=1S/C23H31N3O3/c1-17-13-21(28-3)22(29-4)14-18(17)15-25(2)16-23(27)24-19-7-9-20(10-8-19)26-11-5-6-12-26/h7-10,13-14H,5-6,11-12,15-16H2,1-4H3,(H,24,27). The van der Waals surface area contributed by atoms with Gasteiger partial charge in [-0.1, -0.05) is 0 Å². The fourth-order valence-electron chi connectivity index (χ4n) is 3.72. The van der Waals surface area contributed by atoms with E-state index in [1.807, 2.05) is 43.1 Å². The third-order valence-electron chi connectivity index (χ3n) is 5.32. The number of nitrogens with zero attached hydrogens (tertiary/aromatic N) is 2. The van der Waals surface area contributed by atoms with Crippen molar-refractivity contribution in [1.29, 1.82) is 0 Å². The molecule has 0 aromatic heterocycles. The third-order valence-corrected chi connectivity index (χ3v) is 5.32. The van der Waals surface area contributed by atoms with Crippen LogP contribution in [-0.2, 0) is 11.3 Å². The van der Waals surface area contributed by atoms with E-state index < -0.39 is 0 Å². The number of carbonyl (C=O) groups is 1. The highest BCUT2D eigenvalue weighted by Crippen LogP contribution is 2.30. The lowest BCUT2D eigenvalue weighted by Crippen LogP contribution is -2.30. The number of amides is 1. The Hall–Kier alpha value is -2.73. The molecule has 6 heteroatoms. The minimum Gasteiger partial charge on any atom is -0.493 e. The number of methoxy groups -OCH3 is 2. The first-order valence-corrected chi connectivity index (χ1v) is 10.0. The van der Waals surface area contributed by atoms with Crippen molar-refractivity contribution >= 4 is 17.3 Å². The van der Waals surface area contributed by atoms with Crippen molar-refractivity contribution in [3.05, 3.63) is 47.5 Å². The van der Waals surface area contributed by atoms with Crippen LogP contribution in [-0.4, -0.2) is 51.7 Å². The van der Waals surface area contributed by atoms with Crippen molar-refractivity contribution in [1.82, 2.24) is 4.90 Å². The Balaban J connectivity index is 1.55. The highest BCUT2D eigenvalue weighted by atomic mass is 16.5. The molecule has 1 N–H and O–H groups in total. The van der Waals surface area contributed by atoms with Gasteiger partial charge in [-0.25, -0.2) is 0 Å². The Morgan fingerprint density at radius 3 is 2.31 bits per heavy atom. The van der Waals surface area contributed by atoms with E-state index in [2.05, 4.69) is 22.3 Å². The molecule has 1 amide bonds. The Morgan fingerprint density at radius 2 is 1.69 bits per heavy atom. The predicted molar refractivity (Wildman–Crippen MR) is 117 cm³/mol. The summed E-state index contributed by atoms with van der Waals surface area (Å²) in [6.45, 7) is 5.22. The van der Waals surface area contributed by atoms with Crippen molar-refractivity contribution in [2.45, 2.75) is 26.3 Å². The average molecular weight is 398 g/mol. The van der Waals surface area contributed by atoms with Crippen LogP contribution in [0.5, 0.6) is 11.5 Å². The first-order chi connectivity index (χ1) is 14.0. The Labute approximate surface area is 173 Å². The van der Waals surface area contributed by atoms with Gasteiger partial charge in [0.25, 0.3) is 0 Å². The largest absolute Gasteiger partial charge is 0.493 e. The van der Waals surface area contributed by atoms with E-state index in [4.69, 9.17) is 9.47 Å². The minimum absolute atomic E-state index is 0.0282. The zero-order valence-corrected chi connectivity index (χ0v) is 17.8. The summed E-state index contributed by atoms with van der Waals surface area (Å²) >= 11 is 0. The molecule has 1 saturated heterocycles. The van der Waals surface area contributed by atoms with Crippen LogP contribution in [0.1, 0.15) is 24.0 Å². The fraction of sp³-hybridized carbons (Fsp3) is 0.435. The highest BCUT2D eigenvalue weighted by Gasteiger charge is 2.14. The second-order valence-corrected chi connectivity index (χ2v) is 7.60. The molecule has 3 rings (SSSR count). The van der Waals surface area contributed by atoms with Crippen molar-refractivity contribution < 1.29 is 14.3 Å². The quantitative estimate of drug-likeness (QED) is 0.736. The molecular weight excluding hydrogens is 366 g/mol. The lowest BCUT2D eigenvalue weighted by atomic mass is 10.1. The molecule has 0 spiro atoms. The van der Waals surface area contributed by atoms with Crippen LogP contribution in [0.25, 0.3) is 0 Å². The Bertz CT molecular complexity index is 830. The monoisotopic (exact) mass is 397 g/mol. The summed E-state index contributed by atoms with van der Waals surface area (Å²) in [6, 6.07) is 12.0. The van der Waals surface area contributed by atoms with Crippen LogP contribution in [0.2, 0.25) is 0 Å². The molecule has 0 saturated carbocycles. The number of hydrogen-bond donors (Lipinski definition) is 1. The van der Waals surface area contributed by atoms with Gasteiger partial charge in [0.05, 0.1) is 20.8 Å². The van der Waals surface area contributed by atoms with E-state index in [9.17, 15) is 4.79 Å². The molecule has 2 aromatic rings. The van der Waals surface area contributed by atoms with Crippen LogP contribution in [0.4, 0.5) is 11.4 Å². The Morgan fingerprint density at radius 1 is 1.07 bits per heavy atom. The lowest BCUT2D eigenvalue weighted by molar-refractivity contribution is -0.117. The van der Waals surface area contributed by atoms with Gasteiger partial charge in [-0.05, 0) is 74.3 Å². The predicted octanol–water partition coefficient (Wildman–Crippen LogP) is 3.68. The number of aryl methyl sites for hydroxylation is 1. The number of anilines is 2. The summed E-state index contributed by atoms with van der Waals surface area (Å²) in [6.07, 6.45) is 2.51. The Kier molecular flexibility index (Phi) is 6.99. The molecule has 0 unspecified atom stereocenters. The van der Waals surface area contributed by atoms with Crippen LogP contribution >= 0.6 is 0 Å². The van der Waals surface area contributed by atoms with E-state index in [0.29, 0.717) is 24.6 Å². The highest BCUT2D eigenvalue weighted by molar-refractivity contribution is 5.92. The van der Waals surface area contributed by atoms with Crippen LogP contribution in [0.15, 0.2) is 36.4 Å². The maximum absolute atomic E-state index is 12.5. The topological polar surface area (TPSA) is 54.0 Å². The summed E-state index contributed by atoms with van der Waals surface area (Å²) in [5, 5.41) is 2.99. The van der Waals surface area contributed by atoms with Gasteiger partial charge in [-0.2, -0.15) is 0 Å². The molecule has 1 aliphatic rings. The van der Waals surface area contributed by atoms with Crippen molar-refractivity contribution in [3.63, 3.8) is 0 Å². The number of likely N-dealkylation sites (N-methyl/N-ethyl adjacent to an activating group) is 1. The van der Waals surface area contributed by atoms with Gasteiger partial charge in [-0.3, -0.25) is 9.69 Å². The number of rotatable bonds is 8. The minimum atomic E-state index is -0.0282. The maximum Gasteiger partial charge on any atom is 0.238 e. The van der Waals surface area contributed by atoms with E-state index in [0.717, 1.165) is 29.9 Å². The molecular formula is C23H31N3O3. The molecule has 156 valence electrons. The SMILES string of the molecule is COc1cc(C)c(CN(C)CC(=O)Nc2ccc(N3CCCC3)cc2)cc1OC. The number of benzene rings is 2. The van der Waals surface area contributed by atoms with Gasteiger partial charge in [0.2, 0.25) is 5.91 Å². The molecule has 1 aliphatic heterocycles. The van der Waals surface area contributed by atoms with Gasteiger partial charge in [-0.15, -0.1) is 0 Å². The van der Waals surface area contributed by atoms with Gasteiger partial charge in [0.15, 0.2) is 11.5 Å². The van der Waals surface area contributed by atoms with Crippen LogP contribution in [0.3, 0.4) is 0 Å². The molecule has 29 heavy (non-hydrogen) atoms. The lowest BCUT2D eigenvalue weighted by Gasteiger charge is -2.20. The molecule has 0 atom stereocenters. The molecule has 1 fully saturated rings. The van der Waals surface area contributed by atoms with Gasteiger partial charge < -0.3 is 19.7 Å². The summed E-state index contributed by atoms with van der Waals surface area (Å²) in [4.78, 5) is 16.8. The maximum atomic E-state index is 12.5. The van der Waals surface area contributed by atoms with Crippen molar-refractivity contribution in [2.24, 2.45) is 0 Å². The third kappa shape index (κ3) is 5.41. The van der Waals surface area contributed by atoms with Gasteiger partial charge >= 0.3 is 0 Å². The molecule has 0 bridgehead atoms. The van der Waals surface area contributed by atoms with Crippen LogP contribution in [0, 0.1) is 6.92 Å². The second-order valence-electron chi connectivity index (χ2n) is 7.60. The van der Waals surface area contributed by atoms with Crippen LogP contribution < -0.4 is 19.7 Å². The number of ether oxygens (including phenoxy) is 2. The summed E-state index contributed by atoms with van der Waals surface area (Å²) in [7, 11) is 5.19. The second kappa shape index (κ2) is 9.65. The number of nitrogens with one attached hydrogen (secondary N) is 1. The first kappa shape index (κ1) is 21.0. The van der Waals surface area contributed by atoms with E-state index >= 15 is 0 Å². The normalized spacial score (nSPS) is 13.6. The zero-order chi connectivity index (χ0) is 20.8. The van der Waals surface area contributed by atoms with E-state index in [1.165, 1.54) is 18.5 Å². The van der Waals surface area contributed by atoms with E-state index in [1.54, 1.807) is 14.2 Å². The first-order valence-electron chi connectivity index (χ1n) is 10.0. The summed E-state index contributed by atoms with van der Waals surface area (Å²) in [5.41, 5.74) is 4.26.